The number of fused-ring (bicyclic) bond motifs is 1. The Labute approximate surface area is 184 Å². The zero-order valence-electron chi connectivity index (χ0n) is 18.3. The minimum atomic E-state index is -4.47. The fourth-order valence-corrected chi connectivity index (χ4v) is 4.03. The highest BCUT2D eigenvalue weighted by molar-refractivity contribution is 6.00. The van der Waals surface area contributed by atoms with E-state index in [0.29, 0.717) is 17.1 Å². The summed E-state index contributed by atoms with van der Waals surface area (Å²) in [5.74, 6) is 0.743. The van der Waals surface area contributed by atoms with Crippen LogP contribution in [0.3, 0.4) is 0 Å². The molecule has 1 fully saturated rings. The van der Waals surface area contributed by atoms with Gasteiger partial charge in [-0.3, -0.25) is 4.98 Å². The lowest BCUT2D eigenvalue weighted by Gasteiger charge is -2.30. The van der Waals surface area contributed by atoms with Gasteiger partial charge in [0.15, 0.2) is 5.82 Å². The molecule has 0 spiro atoms. The van der Waals surface area contributed by atoms with Gasteiger partial charge < -0.3 is 15.0 Å². The number of likely N-dealkylation sites (tertiary alicyclic amines) is 1. The van der Waals surface area contributed by atoms with E-state index in [1.54, 1.807) is 32.3 Å². The Morgan fingerprint density at radius 3 is 2.69 bits per heavy atom. The van der Waals surface area contributed by atoms with Crippen molar-refractivity contribution in [1.82, 2.24) is 20.1 Å². The van der Waals surface area contributed by atoms with Crippen molar-refractivity contribution in [2.45, 2.75) is 45.0 Å². The number of rotatable bonds is 5. The molecular weight excluding hydrogens is 419 g/mol. The van der Waals surface area contributed by atoms with Gasteiger partial charge >= 0.3 is 6.18 Å². The molecule has 0 aliphatic carbocycles. The summed E-state index contributed by atoms with van der Waals surface area (Å²) in [5, 5.41) is 13.8. The maximum absolute atomic E-state index is 13.3. The largest absolute Gasteiger partial charge is 0.490 e. The predicted molar refractivity (Wildman–Crippen MR) is 118 cm³/mol. The van der Waals surface area contributed by atoms with Crippen LogP contribution in [0.25, 0.3) is 22.0 Å². The maximum atomic E-state index is 13.3. The van der Waals surface area contributed by atoms with E-state index in [-0.39, 0.29) is 17.9 Å². The molecule has 0 radical (unpaired) electrons. The quantitative estimate of drug-likeness (QED) is 0.596. The van der Waals surface area contributed by atoms with E-state index in [1.807, 2.05) is 0 Å². The van der Waals surface area contributed by atoms with Crippen molar-refractivity contribution in [3.05, 3.63) is 42.2 Å². The second-order valence-corrected chi connectivity index (χ2v) is 8.44. The summed E-state index contributed by atoms with van der Waals surface area (Å²) in [4.78, 5) is 6.50. The molecule has 6 nitrogen and oxygen atoms in total. The van der Waals surface area contributed by atoms with Gasteiger partial charge in [0, 0.05) is 41.3 Å². The Morgan fingerprint density at radius 1 is 1.16 bits per heavy atom. The molecule has 3 heterocycles. The molecule has 1 N–H and O–H groups in total. The first-order valence-corrected chi connectivity index (χ1v) is 10.7. The third-order valence-electron chi connectivity index (χ3n) is 5.47. The van der Waals surface area contributed by atoms with Gasteiger partial charge in [0.2, 0.25) is 0 Å². The number of nitrogens with zero attached hydrogens (tertiary/aromatic N) is 4. The lowest BCUT2D eigenvalue weighted by atomic mass is 10.0. The molecule has 1 saturated heterocycles. The molecule has 0 unspecified atom stereocenters. The Kier molecular flexibility index (Phi) is 6.19. The first-order valence-electron chi connectivity index (χ1n) is 10.7. The second-order valence-electron chi connectivity index (χ2n) is 8.44. The van der Waals surface area contributed by atoms with Gasteiger partial charge in [-0.25, -0.2) is 0 Å². The second kappa shape index (κ2) is 8.90. The average molecular weight is 445 g/mol. The Morgan fingerprint density at radius 2 is 1.97 bits per heavy atom. The monoisotopic (exact) mass is 445 g/mol. The number of piperidine rings is 1. The van der Waals surface area contributed by atoms with E-state index in [9.17, 15) is 13.2 Å². The van der Waals surface area contributed by atoms with E-state index >= 15 is 0 Å². The topological polar surface area (TPSA) is 63.2 Å². The van der Waals surface area contributed by atoms with Gasteiger partial charge in [0.1, 0.15) is 11.4 Å². The van der Waals surface area contributed by atoms with Crippen molar-refractivity contribution in [2.75, 3.05) is 25.5 Å². The van der Waals surface area contributed by atoms with Gasteiger partial charge in [-0.2, -0.15) is 13.2 Å². The van der Waals surface area contributed by atoms with Crippen LogP contribution in [0, 0.1) is 0 Å². The van der Waals surface area contributed by atoms with Gasteiger partial charge in [0.05, 0.1) is 11.7 Å². The van der Waals surface area contributed by atoms with E-state index in [0.717, 1.165) is 48.8 Å². The van der Waals surface area contributed by atoms with Crippen molar-refractivity contribution < 1.29 is 17.9 Å². The lowest BCUT2D eigenvalue weighted by Crippen LogP contribution is -2.40. The average Bonchev–Trinajstić information content (AvgIpc) is 2.73. The van der Waals surface area contributed by atoms with E-state index < -0.39 is 11.7 Å². The normalized spacial score (nSPS) is 17.7. The van der Waals surface area contributed by atoms with Crippen LogP contribution in [-0.4, -0.2) is 52.4 Å². The molecule has 4 rings (SSSR count). The lowest BCUT2D eigenvalue weighted by molar-refractivity contribution is -0.137. The van der Waals surface area contributed by atoms with Gasteiger partial charge in [0.25, 0.3) is 0 Å². The number of halogens is 3. The zero-order valence-corrected chi connectivity index (χ0v) is 18.3. The highest BCUT2D eigenvalue weighted by atomic mass is 19.4. The molecule has 0 saturated carbocycles. The molecule has 2 aromatic heterocycles. The van der Waals surface area contributed by atoms with Crippen LogP contribution in [0.2, 0.25) is 0 Å². The number of benzene rings is 1. The van der Waals surface area contributed by atoms with Gasteiger partial charge in [-0.05, 0) is 64.5 Å². The third-order valence-corrected chi connectivity index (χ3v) is 5.47. The minimum absolute atomic E-state index is 0.122. The molecule has 3 aromatic rings. The highest BCUT2D eigenvalue weighted by Crippen LogP contribution is 2.39. The number of alkyl halides is 3. The van der Waals surface area contributed by atoms with Crippen LogP contribution in [0.15, 0.2) is 36.7 Å². The summed E-state index contributed by atoms with van der Waals surface area (Å²) in [6.07, 6.45) is 0.695. The van der Waals surface area contributed by atoms with Crippen LogP contribution < -0.4 is 10.1 Å². The molecule has 170 valence electrons. The van der Waals surface area contributed by atoms with Crippen molar-refractivity contribution in [3.8, 4) is 17.0 Å². The van der Waals surface area contributed by atoms with Crippen molar-refractivity contribution >= 4 is 16.6 Å². The number of aromatic nitrogens is 3. The molecule has 0 amide bonds. The summed E-state index contributed by atoms with van der Waals surface area (Å²) in [5.41, 5.74) is 0.146. The fourth-order valence-electron chi connectivity index (χ4n) is 4.03. The summed E-state index contributed by atoms with van der Waals surface area (Å²) in [7, 11) is 2.09. The molecule has 1 aromatic carbocycles. The van der Waals surface area contributed by atoms with Gasteiger partial charge in [-0.1, -0.05) is 0 Å². The number of anilines is 1. The fraction of sp³-hybridized carbons (Fsp3) is 0.435. The number of nitrogens with one attached hydrogen (secondary N) is 1. The van der Waals surface area contributed by atoms with E-state index in [2.05, 4.69) is 32.4 Å². The van der Waals surface area contributed by atoms with Crippen LogP contribution in [0.4, 0.5) is 19.0 Å². The van der Waals surface area contributed by atoms with Crippen LogP contribution >= 0.6 is 0 Å². The summed E-state index contributed by atoms with van der Waals surface area (Å²) in [6, 6.07) is 5.50. The number of hydrogen-bond acceptors (Lipinski definition) is 6. The number of ether oxygens (including phenoxy) is 1. The van der Waals surface area contributed by atoms with E-state index in [1.165, 1.54) is 6.07 Å². The molecule has 1 aliphatic rings. The predicted octanol–water partition coefficient (Wildman–Crippen LogP) is 5.00. The summed E-state index contributed by atoms with van der Waals surface area (Å²) in [6.45, 7) is 5.51. The Balaban J connectivity index is 1.78. The molecule has 32 heavy (non-hydrogen) atoms. The van der Waals surface area contributed by atoms with Crippen LogP contribution in [-0.2, 0) is 6.18 Å². The number of hydrogen-bond donors (Lipinski definition) is 1. The molecule has 1 atom stereocenters. The smallest absolute Gasteiger partial charge is 0.416 e. The van der Waals surface area contributed by atoms with E-state index in [4.69, 9.17) is 4.74 Å². The standard InChI is InChI=1S/C23H26F3N5O/c1-14(2)32-20-11-15(23(24,25)26)6-7-18(20)21-17-8-9-27-12-19(17)22(30-29-21)28-16-5-4-10-31(3)13-16/h6-9,11-12,14,16H,4-5,10,13H2,1-3H3,(H,28,30)/t16-/m1/s1. The molecule has 1 aliphatic heterocycles. The summed E-state index contributed by atoms with van der Waals surface area (Å²) < 4.78 is 45.6. The molecule has 9 heteroatoms. The number of likely N-dealkylation sites (N-methyl/N-ethyl adjacent to an activating group) is 1. The van der Waals surface area contributed by atoms with Crippen molar-refractivity contribution in [2.24, 2.45) is 0 Å². The molecular formula is C23H26F3N5O. The molecule has 0 bridgehead atoms. The minimum Gasteiger partial charge on any atom is -0.490 e. The third kappa shape index (κ3) is 4.77. The summed E-state index contributed by atoms with van der Waals surface area (Å²) >= 11 is 0. The maximum Gasteiger partial charge on any atom is 0.416 e. The SMILES string of the molecule is CC(C)Oc1cc(C(F)(F)F)ccc1-c1nnc(N[C@@H]2CCCN(C)C2)c2cnccc12. The van der Waals surface area contributed by atoms with Crippen LogP contribution in [0.1, 0.15) is 32.3 Å². The zero-order chi connectivity index (χ0) is 22.9. The van der Waals surface area contributed by atoms with Crippen LogP contribution in [0.5, 0.6) is 5.75 Å². The Bertz CT molecular complexity index is 1100. The van der Waals surface area contributed by atoms with Crippen molar-refractivity contribution in [1.29, 1.82) is 0 Å². The van der Waals surface area contributed by atoms with Crippen molar-refractivity contribution in [3.63, 3.8) is 0 Å². The first-order chi connectivity index (χ1) is 15.2. The number of pyridine rings is 1. The Hall–Kier alpha value is -2.94. The van der Waals surface area contributed by atoms with Gasteiger partial charge in [-0.15, -0.1) is 10.2 Å². The highest BCUT2D eigenvalue weighted by Gasteiger charge is 2.32. The first kappa shape index (κ1) is 22.3.